The van der Waals surface area contributed by atoms with E-state index < -0.39 is 48.0 Å². The maximum atomic E-state index is 13.5. The van der Waals surface area contributed by atoms with Crippen molar-refractivity contribution in [2.75, 3.05) is 6.54 Å². The minimum absolute atomic E-state index is 0.113. The number of alkyl halides is 3. The first-order chi connectivity index (χ1) is 23.1. The maximum absolute atomic E-state index is 13.5. The summed E-state index contributed by atoms with van der Waals surface area (Å²) in [4.78, 5) is 62.8. The number of hydrogen-bond acceptors (Lipinski definition) is 7. The summed E-state index contributed by atoms with van der Waals surface area (Å²) in [6.07, 6.45) is -2.20. The lowest BCUT2D eigenvalue weighted by atomic mass is 10.0. The molecule has 1 aliphatic heterocycles. The van der Waals surface area contributed by atoms with Crippen LogP contribution >= 0.6 is 0 Å². The minimum Gasteiger partial charge on any atom is -0.508 e. The Labute approximate surface area is 279 Å². The molecule has 1 saturated heterocycles. The highest BCUT2D eigenvalue weighted by Gasteiger charge is 2.39. The van der Waals surface area contributed by atoms with E-state index in [2.05, 4.69) is 10.6 Å². The number of benzene rings is 3. The van der Waals surface area contributed by atoms with Crippen LogP contribution in [0.2, 0.25) is 0 Å². The molecule has 12 nitrogen and oxygen atoms in total. The molecule has 4 amide bonds. The van der Waals surface area contributed by atoms with E-state index >= 15 is 0 Å². The monoisotopic (exact) mass is 683 g/mol. The van der Waals surface area contributed by atoms with Gasteiger partial charge in [0, 0.05) is 13.0 Å². The van der Waals surface area contributed by atoms with E-state index in [0.29, 0.717) is 24.9 Å². The standard InChI is InChI=1S/C32H35N5O5.C2HF3O2/c33-25(18-23-13-15-24(38)16-14-23)32(42)37-17-7-12-28(37)31(41)36-27(20-22-10-5-2-6-11-22)30(40)35-26(29(34)39)19-21-8-3-1-4-9-21;3-2(4,5)1(6)7/h1-6,8-11,13-16,19,25,27-28,38H,7,12,17-18,20,33H2,(H2,34,39)(H,35,40)(H,36,41);(H,6,7)/b26-19-;/t25-,27-,28-;/m0./s1. The van der Waals surface area contributed by atoms with Crippen LogP contribution in [0.25, 0.3) is 6.08 Å². The molecule has 260 valence electrons. The second-order valence-corrected chi connectivity index (χ2v) is 11.0. The van der Waals surface area contributed by atoms with E-state index in [9.17, 15) is 37.5 Å². The zero-order valence-electron chi connectivity index (χ0n) is 26.1. The molecule has 3 aromatic rings. The van der Waals surface area contributed by atoms with E-state index in [-0.39, 0.29) is 30.2 Å². The van der Waals surface area contributed by atoms with Crippen LogP contribution in [0.15, 0.2) is 90.6 Å². The van der Waals surface area contributed by atoms with Crippen molar-refractivity contribution in [3.63, 3.8) is 0 Å². The molecule has 0 radical (unpaired) electrons. The normalized spacial score (nSPS) is 15.6. The van der Waals surface area contributed by atoms with Gasteiger partial charge < -0.3 is 37.2 Å². The number of likely N-dealkylation sites (tertiary alicyclic amines) is 1. The lowest BCUT2D eigenvalue weighted by Crippen LogP contribution is -2.56. The van der Waals surface area contributed by atoms with Gasteiger partial charge in [-0.2, -0.15) is 13.2 Å². The second kappa shape index (κ2) is 17.5. The maximum Gasteiger partial charge on any atom is 0.490 e. The molecule has 15 heteroatoms. The molecule has 1 aliphatic rings. The van der Waals surface area contributed by atoms with E-state index in [1.54, 1.807) is 36.4 Å². The number of rotatable bonds is 11. The first-order valence-electron chi connectivity index (χ1n) is 15.0. The van der Waals surface area contributed by atoms with Gasteiger partial charge in [-0.1, -0.05) is 72.8 Å². The van der Waals surface area contributed by atoms with Crippen LogP contribution in [0.1, 0.15) is 29.5 Å². The number of nitrogens with zero attached hydrogens (tertiary/aromatic N) is 1. The Hall–Kier alpha value is -5.70. The van der Waals surface area contributed by atoms with Crippen LogP contribution in [0.5, 0.6) is 5.75 Å². The van der Waals surface area contributed by atoms with E-state index in [1.165, 1.54) is 23.1 Å². The van der Waals surface area contributed by atoms with Gasteiger partial charge in [-0.25, -0.2) is 4.79 Å². The number of amides is 4. The topological polar surface area (TPSA) is 205 Å². The Morgan fingerprint density at radius 3 is 2.00 bits per heavy atom. The number of carbonyl (C=O) groups is 5. The number of phenolic OH excluding ortho intramolecular Hbond substituents is 1. The largest absolute Gasteiger partial charge is 0.508 e. The lowest BCUT2D eigenvalue weighted by Gasteiger charge is -2.28. The fourth-order valence-corrected chi connectivity index (χ4v) is 4.92. The fraction of sp³-hybridized carbons (Fsp3) is 0.265. The summed E-state index contributed by atoms with van der Waals surface area (Å²) in [5, 5.41) is 22.0. The van der Waals surface area contributed by atoms with Gasteiger partial charge in [0.25, 0.3) is 5.91 Å². The number of halogens is 3. The van der Waals surface area contributed by atoms with E-state index in [0.717, 1.165) is 11.1 Å². The highest BCUT2D eigenvalue weighted by molar-refractivity contribution is 6.02. The first-order valence-corrected chi connectivity index (χ1v) is 15.0. The molecule has 0 saturated carbocycles. The molecule has 0 bridgehead atoms. The number of phenols is 1. The molecule has 1 fully saturated rings. The molecular weight excluding hydrogens is 647 g/mol. The van der Waals surface area contributed by atoms with Gasteiger partial charge in [-0.15, -0.1) is 0 Å². The number of nitrogens with one attached hydrogen (secondary N) is 2. The summed E-state index contributed by atoms with van der Waals surface area (Å²) in [7, 11) is 0. The van der Waals surface area contributed by atoms with Crippen LogP contribution in [0, 0.1) is 0 Å². The van der Waals surface area contributed by atoms with Gasteiger partial charge in [0.05, 0.1) is 6.04 Å². The Morgan fingerprint density at radius 1 is 0.898 bits per heavy atom. The van der Waals surface area contributed by atoms with Gasteiger partial charge in [0.15, 0.2) is 0 Å². The summed E-state index contributed by atoms with van der Waals surface area (Å²) in [6.45, 7) is 0.362. The third kappa shape index (κ3) is 11.8. The quantitative estimate of drug-likeness (QED) is 0.165. The van der Waals surface area contributed by atoms with Crippen LogP contribution in [-0.4, -0.2) is 75.6 Å². The fourth-order valence-electron chi connectivity index (χ4n) is 4.92. The van der Waals surface area contributed by atoms with Crippen molar-refractivity contribution < 1.29 is 47.4 Å². The summed E-state index contributed by atoms with van der Waals surface area (Å²) >= 11 is 0. The Kier molecular flexibility index (Phi) is 13.4. The average Bonchev–Trinajstić information content (AvgIpc) is 3.56. The number of carboxylic acids is 1. The van der Waals surface area contributed by atoms with E-state index in [1.807, 2.05) is 36.4 Å². The van der Waals surface area contributed by atoms with Gasteiger partial charge >= 0.3 is 12.1 Å². The molecule has 0 aliphatic carbocycles. The Morgan fingerprint density at radius 2 is 1.45 bits per heavy atom. The Balaban J connectivity index is 0.000000838. The van der Waals surface area contributed by atoms with Crippen molar-refractivity contribution in [2.45, 2.75) is 50.0 Å². The lowest BCUT2D eigenvalue weighted by molar-refractivity contribution is -0.192. The van der Waals surface area contributed by atoms with Crippen molar-refractivity contribution in [3.05, 3.63) is 107 Å². The van der Waals surface area contributed by atoms with Crippen molar-refractivity contribution in [3.8, 4) is 5.75 Å². The number of carbonyl (C=O) groups excluding carboxylic acids is 4. The van der Waals surface area contributed by atoms with Gasteiger partial charge in [0.1, 0.15) is 23.5 Å². The number of primary amides is 1. The summed E-state index contributed by atoms with van der Waals surface area (Å²) in [5.41, 5.74) is 13.9. The van der Waals surface area contributed by atoms with Crippen LogP contribution in [0.4, 0.5) is 13.2 Å². The number of hydrogen-bond donors (Lipinski definition) is 6. The van der Waals surface area contributed by atoms with Gasteiger partial charge in [0.2, 0.25) is 17.7 Å². The molecule has 1 heterocycles. The van der Waals surface area contributed by atoms with E-state index in [4.69, 9.17) is 21.4 Å². The highest BCUT2D eigenvalue weighted by atomic mass is 19.4. The minimum atomic E-state index is -5.08. The first kappa shape index (κ1) is 37.8. The predicted octanol–water partition coefficient (Wildman–Crippen LogP) is 2.26. The van der Waals surface area contributed by atoms with Crippen molar-refractivity contribution >= 4 is 35.7 Å². The predicted molar refractivity (Wildman–Crippen MR) is 172 cm³/mol. The molecule has 49 heavy (non-hydrogen) atoms. The molecule has 4 rings (SSSR count). The second-order valence-electron chi connectivity index (χ2n) is 11.0. The van der Waals surface area contributed by atoms with Crippen LogP contribution in [-0.2, 0) is 36.8 Å². The smallest absolute Gasteiger partial charge is 0.490 e. The summed E-state index contributed by atoms with van der Waals surface area (Å²) < 4.78 is 31.7. The molecular formula is C34H36F3N5O7. The van der Waals surface area contributed by atoms with Crippen LogP contribution < -0.4 is 22.1 Å². The van der Waals surface area contributed by atoms with Crippen molar-refractivity contribution in [1.29, 1.82) is 0 Å². The number of nitrogens with two attached hydrogens (primary N) is 2. The molecule has 3 aromatic carbocycles. The molecule has 0 spiro atoms. The molecule has 8 N–H and O–H groups in total. The zero-order chi connectivity index (χ0) is 36.1. The summed E-state index contributed by atoms with van der Waals surface area (Å²) in [5.74, 6) is -4.94. The molecule has 3 atom stereocenters. The zero-order valence-corrected chi connectivity index (χ0v) is 26.1. The molecule has 0 unspecified atom stereocenters. The summed E-state index contributed by atoms with van der Waals surface area (Å²) in [6, 6.07) is 21.8. The number of aromatic hydroxyl groups is 1. The van der Waals surface area contributed by atoms with Crippen LogP contribution in [0.3, 0.4) is 0 Å². The van der Waals surface area contributed by atoms with Crippen molar-refractivity contribution in [2.24, 2.45) is 11.5 Å². The van der Waals surface area contributed by atoms with Gasteiger partial charge in [-0.3, -0.25) is 19.2 Å². The van der Waals surface area contributed by atoms with Gasteiger partial charge in [-0.05, 0) is 54.2 Å². The van der Waals surface area contributed by atoms with Crippen molar-refractivity contribution in [1.82, 2.24) is 15.5 Å². The number of carboxylic acid groups (broad SMARTS) is 1. The highest BCUT2D eigenvalue weighted by Crippen LogP contribution is 2.20. The average molecular weight is 684 g/mol. The third-order valence-electron chi connectivity index (χ3n) is 7.34. The SMILES string of the molecule is NC(=O)/C(=C/c1ccccc1)NC(=O)[C@H](Cc1ccccc1)NC(=O)[C@@H]1CCCN1C(=O)[C@@H](N)Cc1ccc(O)cc1.O=C(O)C(F)(F)F. The third-order valence-corrected chi connectivity index (χ3v) is 7.34. The Bertz CT molecular complexity index is 1640. The number of aliphatic carboxylic acids is 1. The molecule has 0 aromatic heterocycles.